The molecule has 15 heteroatoms. The summed E-state index contributed by atoms with van der Waals surface area (Å²) in [6.45, 7) is 1.19. The molecule has 0 saturated carbocycles. The molecule has 0 radical (unpaired) electrons. The molecule has 1 heterocycles. The fourth-order valence-electron chi connectivity index (χ4n) is 3.38. The molecule has 5 unspecified atom stereocenters. The van der Waals surface area contributed by atoms with Gasteiger partial charge in [0, 0.05) is 18.3 Å². The molecule has 15 nitrogen and oxygen atoms in total. The summed E-state index contributed by atoms with van der Waals surface area (Å²) in [4.78, 5) is 67.5. The number of imidazole rings is 1. The molecule has 0 aliphatic carbocycles. The SMILES string of the molecule is CC(O)C(NC(=O)C(N)Cc1ccc(O)cc1)C(=O)NC(CC(=O)O)C(=O)NC(Cc1cnc[nH]1)C(=O)O. The first-order chi connectivity index (χ1) is 17.9. The Balaban J connectivity index is 2.09. The van der Waals surface area contributed by atoms with Gasteiger partial charge >= 0.3 is 11.9 Å². The summed E-state index contributed by atoms with van der Waals surface area (Å²) in [6, 6.07) is -0.0510. The van der Waals surface area contributed by atoms with Gasteiger partial charge in [-0.2, -0.15) is 0 Å². The fraction of sp³-hybridized carbons (Fsp3) is 0.391. The average molecular weight is 535 g/mol. The summed E-state index contributed by atoms with van der Waals surface area (Å²) in [5, 5.41) is 44.7. The van der Waals surface area contributed by atoms with Crippen molar-refractivity contribution in [2.75, 3.05) is 0 Å². The minimum atomic E-state index is -1.73. The van der Waals surface area contributed by atoms with E-state index in [2.05, 4.69) is 25.9 Å². The zero-order chi connectivity index (χ0) is 28.4. The summed E-state index contributed by atoms with van der Waals surface area (Å²) in [5.41, 5.74) is 6.90. The van der Waals surface area contributed by atoms with Gasteiger partial charge < -0.3 is 47.1 Å². The van der Waals surface area contributed by atoms with Crippen LogP contribution in [0, 0.1) is 0 Å². The molecule has 5 atom stereocenters. The number of nitrogens with two attached hydrogens (primary N) is 1. The van der Waals surface area contributed by atoms with Crippen molar-refractivity contribution >= 4 is 29.7 Å². The number of phenols is 1. The number of nitrogens with one attached hydrogen (secondary N) is 4. The lowest BCUT2D eigenvalue weighted by Crippen LogP contribution is -2.60. The van der Waals surface area contributed by atoms with Crippen LogP contribution in [0.4, 0.5) is 0 Å². The van der Waals surface area contributed by atoms with Crippen LogP contribution < -0.4 is 21.7 Å². The number of carboxylic acids is 2. The van der Waals surface area contributed by atoms with Crippen molar-refractivity contribution in [3.05, 3.63) is 48.0 Å². The van der Waals surface area contributed by atoms with E-state index in [0.717, 1.165) is 0 Å². The van der Waals surface area contributed by atoms with Gasteiger partial charge in [0.2, 0.25) is 17.7 Å². The molecule has 0 bridgehead atoms. The normalized spacial score (nSPS) is 14.8. The number of nitrogens with zero attached hydrogens (tertiary/aromatic N) is 1. The highest BCUT2D eigenvalue weighted by Gasteiger charge is 2.33. The molecule has 0 aliphatic heterocycles. The number of hydrogen-bond acceptors (Lipinski definition) is 9. The van der Waals surface area contributed by atoms with E-state index in [9.17, 15) is 44.4 Å². The van der Waals surface area contributed by atoms with Crippen molar-refractivity contribution in [2.45, 2.75) is 56.5 Å². The van der Waals surface area contributed by atoms with Crippen molar-refractivity contribution in [2.24, 2.45) is 5.73 Å². The summed E-state index contributed by atoms with van der Waals surface area (Å²) < 4.78 is 0. The Morgan fingerprint density at radius 3 is 2.11 bits per heavy atom. The van der Waals surface area contributed by atoms with Crippen LogP contribution in [-0.2, 0) is 36.8 Å². The van der Waals surface area contributed by atoms with Crippen LogP contribution in [0.1, 0.15) is 24.6 Å². The topological polar surface area (TPSA) is 257 Å². The van der Waals surface area contributed by atoms with E-state index in [-0.39, 0.29) is 18.6 Å². The van der Waals surface area contributed by atoms with E-state index in [1.54, 1.807) is 12.1 Å². The van der Waals surface area contributed by atoms with Crippen molar-refractivity contribution in [1.29, 1.82) is 0 Å². The largest absolute Gasteiger partial charge is 0.508 e. The fourth-order valence-corrected chi connectivity index (χ4v) is 3.38. The minimum Gasteiger partial charge on any atom is -0.508 e. The molecule has 0 spiro atoms. The second kappa shape index (κ2) is 13.7. The van der Waals surface area contributed by atoms with E-state index in [1.165, 1.54) is 31.6 Å². The Bertz CT molecular complexity index is 1120. The Morgan fingerprint density at radius 1 is 0.947 bits per heavy atom. The minimum absolute atomic E-state index is 0.0218. The number of aliphatic carboxylic acids is 2. The van der Waals surface area contributed by atoms with Gasteiger partial charge in [-0.15, -0.1) is 0 Å². The van der Waals surface area contributed by atoms with Crippen molar-refractivity contribution < 1.29 is 44.4 Å². The number of phenolic OH excluding ortho intramolecular Hbond substituents is 1. The molecule has 38 heavy (non-hydrogen) atoms. The first-order valence-electron chi connectivity index (χ1n) is 11.4. The predicted molar refractivity (Wildman–Crippen MR) is 129 cm³/mol. The Morgan fingerprint density at radius 2 is 1.58 bits per heavy atom. The number of aliphatic hydroxyl groups is 1. The second-order valence-corrected chi connectivity index (χ2v) is 8.54. The molecule has 2 rings (SSSR count). The lowest BCUT2D eigenvalue weighted by atomic mass is 10.0. The molecule has 10 N–H and O–H groups in total. The Kier molecular flexibility index (Phi) is 10.7. The first-order valence-corrected chi connectivity index (χ1v) is 11.4. The number of rotatable bonds is 14. The van der Waals surface area contributed by atoms with Crippen LogP contribution in [-0.4, -0.2) is 90.3 Å². The number of carbonyl (C=O) groups excluding carboxylic acids is 3. The third-order valence-corrected chi connectivity index (χ3v) is 5.40. The molecule has 206 valence electrons. The molecule has 1 aromatic heterocycles. The molecule has 2 aromatic rings. The highest BCUT2D eigenvalue weighted by atomic mass is 16.4. The van der Waals surface area contributed by atoms with Gasteiger partial charge in [0.05, 0.1) is 24.9 Å². The smallest absolute Gasteiger partial charge is 0.326 e. The van der Waals surface area contributed by atoms with Crippen LogP contribution in [0.5, 0.6) is 5.75 Å². The van der Waals surface area contributed by atoms with Crippen LogP contribution in [0.25, 0.3) is 0 Å². The van der Waals surface area contributed by atoms with E-state index < -0.39 is 66.4 Å². The molecule has 0 fully saturated rings. The molecule has 3 amide bonds. The number of H-pyrrole nitrogens is 1. The van der Waals surface area contributed by atoms with E-state index in [4.69, 9.17) is 5.73 Å². The van der Waals surface area contributed by atoms with Crippen LogP contribution in [0.15, 0.2) is 36.8 Å². The van der Waals surface area contributed by atoms with Gasteiger partial charge in [0.1, 0.15) is 23.9 Å². The standard InChI is InChI=1S/C23H30N6O9/c1-11(30)19(29-20(34)15(24)6-12-2-4-14(31)5-3-12)22(36)27-16(8-18(32)33)21(35)28-17(23(37)38)7-13-9-25-10-26-13/h2-5,9-11,15-17,19,30-31H,6-8,24H2,1H3,(H,25,26)(H,27,36)(H,28,35)(H,29,34)(H,32,33)(H,37,38). The zero-order valence-corrected chi connectivity index (χ0v) is 20.3. The number of hydrogen-bond donors (Lipinski definition) is 9. The highest BCUT2D eigenvalue weighted by molar-refractivity contribution is 5.95. The predicted octanol–water partition coefficient (Wildman–Crippen LogP) is -2.38. The van der Waals surface area contributed by atoms with E-state index in [0.29, 0.717) is 11.3 Å². The van der Waals surface area contributed by atoms with Gasteiger partial charge in [-0.05, 0) is 31.0 Å². The van der Waals surface area contributed by atoms with Crippen LogP contribution in [0.2, 0.25) is 0 Å². The number of aromatic hydroxyl groups is 1. The number of aromatic nitrogens is 2. The van der Waals surface area contributed by atoms with Crippen LogP contribution >= 0.6 is 0 Å². The summed E-state index contributed by atoms with van der Waals surface area (Å²) in [7, 11) is 0. The van der Waals surface area contributed by atoms with Gasteiger partial charge in [0.25, 0.3) is 0 Å². The molecule has 0 saturated heterocycles. The van der Waals surface area contributed by atoms with Crippen molar-refractivity contribution in [1.82, 2.24) is 25.9 Å². The maximum Gasteiger partial charge on any atom is 0.326 e. The number of aromatic amines is 1. The van der Waals surface area contributed by atoms with Crippen LogP contribution in [0.3, 0.4) is 0 Å². The maximum absolute atomic E-state index is 12.9. The number of carboxylic acid groups (broad SMARTS) is 2. The lowest BCUT2D eigenvalue weighted by Gasteiger charge is -2.26. The average Bonchev–Trinajstić information content (AvgIpc) is 3.35. The molecule has 0 aliphatic rings. The monoisotopic (exact) mass is 534 g/mol. The van der Waals surface area contributed by atoms with Gasteiger partial charge in [-0.25, -0.2) is 9.78 Å². The number of amides is 3. The summed E-state index contributed by atoms with van der Waals surface area (Å²) >= 11 is 0. The van der Waals surface area contributed by atoms with Crippen molar-refractivity contribution in [3.8, 4) is 5.75 Å². The quantitative estimate of drug-likeness (QED) is 0.124. The number of aliphatic hydroxyl groups excluding tert-OH is 1. The van der Waals surface area contributed by atoms with Gasteiger partial charge in [-0.3, -0.25) is 19.2 Å². The molecular weight excluding hydrogens is 504 g/mol. The lowest BCUT2D eigenvalue weighted by molar-refractivity contribution is -0.143. The maximum atomic E-state index is 12.9. The molecule has 1 aromatic carbocycles. The number of benzene rings is 1. The zero-order valence-electron chi connectivity index (χ0n) is 20.3. The van der Waals surface area contributed by atoms with Gasteiger partial charge in [0.15, 0.2) is 0 Å². The number of carbonyl (C=O) groups is 5. The third-order valence-electron chi connectivity index (χ3n) is 5.40. The van der Waals surface area contributed by atoms with Gasteiger partial charge in [-0.1, -0.05) is 12.1 Å². The first kappa shape index (κ1) is 29.7. The summed E-state index contributed by atoms with van der Waals surface area (Å²) in [5.74, 6) is -5.87. The Hall–Kier alpha value is -4.50. The third kappa shape index (κ3) is 9.18. The Labute approximate surface area is 216 Å². The van der Waals surface area contributed by atoms with E-state index in [1.807, 2.05) is 0 Å². The summed E-state index contributed by atoms with van der Waals surface area (Å²) in [6.07, 6.45) is 0.123. The second-order valence-electron chi connectivity index (χ2n) is 8.54. The molecular formula is C23H30N6O9. The van der Waals surface area contributed by atoms with E-state index >= 15 is 0 Å². The van der Waals surface area contributed by atoms with Crippen molar-refractivity contribution in [3.63, 3.8) is 0 Å². The highest BCUT2D eigenvalue weighted by Crippen LogP contribution is 2.11.